The molecule has 1 amide bonds. The van der Waals surface area contributed by atoms with Crippen LogP contribution in [0.3, 0.4) is 0 Å². The van der Waals surface area contributed by atoms with Gasteiger partial charge in [0.05, 0.1) is 24.4 Å². The standard InChI is InChI=1S/C28H23N5O3/c1-16-25(28(34)31-20-9-12-22-19(13-20)15-29-33-22)26(24-14-18-5-3-4-6-23(18)36-24)32-27(30-16)17-7-10-21(35-2)11-8-17/h3-15,26H,1-2H3,(H,29,33)(H,30,32)(H,31,34). The second-order valence-electron chi connectivity index (χ2n) is 8.59. The lowest BCUT2D eigenvalue weighted by molar-refractivity contribution is -0.113. The fourth-order valence-electron chi connectivity index (χ4n) is 4.43. The minimum atomic E-state index is -0.631. The van der Waals surface area contributed by atoms with E-state index in [1.807, 2.05) is 79.7 Å². The zero-order valence-corrected chi connectivity index (χ0v) is 19.7. The summed E-state index contributed by atoms with van der Waals surface area (Å²) in [5, 5.41) is 15.2. The molecule has 8 heteroatoms. The van der Waals surface area contributed by atoms with Crippen molar-refractivity contribution in [3.05, 3.63) is 102 Å². The number of ether oxygens (including phenoxy) is 1. The van der Waals surface area contributed by atoms with Crippen LogP contribution in [0.2, 0.25) is 0 Å². The second kappa shape index (κ2) is 8.74. The van der Waals surface area contributed by atoms with Crippen molar-refractivity contribution in [2.45, 2.75) is 13.0 Å². The van der Waals surface area contributed by atoms with Crippen molar-refractivity contribution in [1.29, 1.82) is 0 Å². The number of carbonyl (C=O) groups excluding carboxylic acids is 1. The van der Waals surface area contributed by atoms with Crippen LogP contribution in [0.1, 0.15) is 24.3 Å². The summed E-state index contributed by atoms with van der Waals surface area (Å²) in [5.74, 6) is 1.74. The number of benzene rings is 3. The number of para-hydroxylation sites is 1. The number of carbonyl (C=O) groups is 1. The maximum Gasteiger partial charge on any atom is 0.256 e. The summed E-state index contributed by atoms with van der Waals surface area (Å²) < 4.78 is 11.5. The van der Waals surface area contributed by atoms with Gasteiger partial charge in [0.2, 0.25) is 0 Å². The number of aliphatic imine (C=N–C) groups is 1. The van der Waals surface area contributed by atoms with Gasteiger partial charge in [-0.05, 0) is 61.5 Å². The molecule has 1 aliphatic rings. The van der Waals surface area contributed by atoms with E-state index in [1.54, 1.807) is 13.3 Å². The molecule has 1 unspecified atom stereocenters. The molecule has 0 aliphatic carbocycles. The third-order valence-electron chi connectivity index (χ3n) is 6.26. The molecule has 0 spiro atoms. The van der Waals surface area contributed by atoms with Gasteiger partial charge >= 0.3 is 0 Å². The van der Waals surface area contributed by atoms with Gasteiger partial charge in [-0.3, -0.25) is 14.9 Å². The number of hydrogen-bond donors (Lipinski definition) is 3. The molecule has 1 atom stereocenters. The van der Waals surface area contributed by atoms with Crippen molar-refractivity contribution >= 4 is 39.3 Å². The molecule has 2 aromatic heterocycles. The average molecular weight is 478 g/mol. The number of aromatic nitrogens is 2. The van der Waals surface area contributed by atoms with Crippen LogP contribution >= 0.6 is 0 Å². The molecule has 0 fully saturated rings. The summed E-state index contributed by atoms with van der Waals surface area (Å²) in [7, 11) is 1.63. The molecule has 3 aromatic carbocycles. The van der Waals surface area contributed by atoms with E-state index < -0.39 is 6.04 Å². The number of aromatic amines is 1. The fraction of sp³-hybridized carbons (Fsp3) is 0.107. The van der Waals surface area contributed by atoms with Gasteiger partial charge in [0, 0.05) is 27.7 Å². The Morgan fingerprint density at radius 2 is 1.86 bits per heavy atom. The topological polar surface area (TPSA) is 105 Å². The summed E-state index contributed by atoms with van der Waals surface area (Å²) in [6, 6.07) is 22.3. The third kappa shape index (κ3) is 3.88. The Morgan fingerprint density at radius 1 is 1.03 bits per heavy atom. The molecule has 5 aromatic rings. The normalized spacial score (nSPS) is 15.6. The van der Waals surface area contributed by atoms with Gasteiger partial charge in [0.1, 0.15) is 29.0 Å². The Balaban J connectivity index is 1.40. The molecular weight excluding hydrogens is 454 g/mol. The van der Waals surface area contributed by atoms with Crippen LogP contribution in [0, 0.1) is 0 Å². The smallest absolute Gasteiger partial charge is 0.256 e. The van der Waals surface area contributed by atoms with E-state index in [9.17, 15) is 4.79 Å². The number of methoxy groups -OCH3 is 1. The van der Waals surface area contributed by atoms with Gasteiger partial charge in [0.15, 0.2) is 0 Å². The Kier molecular flexibility index (Phi) is 5.26. The highest BCUT2D eigenvalue weighted by Gasteiger charge is 2.32. The minimum Gasteiger partial charge on any atom is -0.497 e. The molecular formula is C28H23N5O3. The fourth-order valence-corrected chi connectivity index (χ4v) is 4.43. The van der Waals surface area contributed by atoms with Gasteiger partial charge in [-0.15, -0.1) is 0 Å². The van der Waals surface area contributed by atoms with E-state index in [-0.39, 0.29) is 5.91 Å². The summed E-state index contributed by atoms with van der Waals surface area (Å²) in [6.07, 6.45) is 1.72. The number of furan rings is 1. The first-order valence-electron chi connectivity index (χ1n) is 11.5. The van der Waals surface area contributed by atoms with Crippen molar-refractivity contribution in [3.63, 3.8) is 0 Å². The highest BCUT2D eigenvalue weighted by atomic mass is 16.5. The SMILES string of the molecule is COc1ccc(C2=NC(c3cc4ccccc4o3)C(C(=O)Nc3ccc4[nH]ncc4c3)=C(C)N2)cc1. The Bertz CT molecular complexity index is 1630. The Labute approximate surface area is 206 Å². The van der Waals surface area contributed by atoms with Crippen molar-refractivity contribution in [3.8, 4) is 5.75 Å². The zero-order chi connectivity index (χ0) is 24.6. The number of fused-ring (bicyclic) bond motifs is 2. The highest BCUT2D eigenvalue weighted by molar-refractivity contribution is 6.09. The lowest BCUT2D eigenvalue weighted by Gasteiger charge is -2.25. The molecule has 0 saturated carbocycles. The number of allylic oxidation sites excluding steroid dienone is 1. The molecule has 0 bridgehead atoms. The summed E-state index contributed by atoms with van der Waals surface area (Å²) in [5.41, 5.74) is 4.37. The third-order valence-corrected chi connectivity index (χ3v) is 6.26. The summed E-state index contributed by atoms with van der Waals surface area (Å²) >= 11 is 0. The van der Waals surface area contributed by atoms with Crippen LogP contribution in [0.25, 0.3) is 21.9 Å². The van der Waals surface area contributed by atoms with Gasteiger partial charge in [-0.25, -0.2) is 0 Å². The van der Waals surface area contributed by atoms with E-state index in [0.29, 0.717) is 28.6 Å². The number of amidine groups is 1. The van der Waals surface area contributed by atoms with E-state index in [4.69, 9.17) is 14.1 Å². The molecule has 3 heterocycles. The van der Waals surface area contributed by atoms with Gasteiger partial charge in [-0.1, -0.05) is 18.2 Å². The number of rotatable bonds is 5. The van der Waals surface area contributed by atoms with E-state index in [2.05, 4.69) is 20.8 Å². The van der Waals surface area contributed by atoms with E-state index in [0.717, 1.165) is 33.2 Å². The summed E-state index contributed by atoms with van der Waals surface area (Å²) in [4.78, 5) is 18.6. The Morgan fingerprint density at radius 3 is 2.67 bits per heavy atom. The molecule has 3 N–H and O–H groups in total. The van der Waals surface area contributed by atoms with Crippen molar-refractivity contribution in [2.75, 3.05) is 12.4 Å². The number of hydrogen-bond acceptors (Lipinski definition) is 6. The second-order valence-corrected chi connectivity index (χ2v) is 8.59. The molecule has 8 nitrogen and oxygen atoms in total. The minimum absolute atomic E-state index is 0.258. The first-order chi connectivity index (χ1) is 17.6. The number of anilines is 1. The molecule has 0 saturated heterocycles. The van der Waals surface area contributed by atoms with E-state index >= 15 is 0 Å². The van der Waals surface area contributed by atoms with Crippen LogP contribution in [0.4, 0.5) is 5.69 Å². The summed E-state index contributed by atoms with van der Waals surface area (Å²) in [6.45, 7) is 1.88. The van der Waals surface area contributed by atoms with Gasteiger partial charge < -0.3 is 19.8 Å². The lowest BCUT2D eigenvalue weighted by atomic mass is 9.98. The maximum atomic E-state index is 13.6. The van der Waals surface area contributed by atoms with Crippen molar-refractivity contribution in [2.24, 2.45) is 4.99 Å². The number of H-pyrrole nitrogens is 1. The molecule has 0 radical (unpaired) electrons. The van der Waals surface area contributed by atoms with Gasteiger partial charge in [0.25, 0.3) is 5.91 Å². The average Bonchev–Trinajstić information content (AvgIpc) is 3.55. The largest absolute Gasteiger partial charge is 0.497 e. The molecule has 6 rings (SSSR count). The molecule has 36 heavy (non-hydrogen) atoms. The first-order valence-corrected chi connectivity index (χ1v) is 11.5. The first kappa shape index (κ1) is 21.7. The number of amides is 1. The lowest BCUT2D eigenvalue weighted by Crippen LogP contribution is -2.33. The number of nitrogens with zero attached hydrogens (tertiary/aromatic N) is 2. The monoisotopic (exact) mass is 477 g/mol. The van der Waals surface area contributed by atoms with Crippen LogP contribution in [-0.4, -0.2) is 29.0 Å². The van der Waals surface area contributed by atoms with Crippen LogP contribution in [-0.2, 0) is 4.79 Å². The molecule has 1 aliphatic heterocycles. The predicted octanol–water partition coefficient (Wildman–Crippen LogP) is 5.32. The predicted molar refractivity (Wildman–Crippen MR) is 139 cm³/mol. The quantitative estimate of drug-likeness (QED) is 0.318. The van der Waals surface area contributed by atoms with Crippen LogP contribution in [0.15, 0.2) is 99.7 Å². The molecule has 178 valence electrons. The van der Waals surface area contributed by atoms with E-state index in [1.165, 1.54) is 0 Å². The Hall–Kier alpha value is -4.85. The van der Waals surface area contributed by atoms with Crippen molar-refractivity contribution in [1.82, 2.24) is 15.5 Å². The van der Waals surface area contributed by atoms with Crippen LogP contribution in [0.5, 0.6) is 5.75 Å². The maximum absolute atomic E-state index is 13.6. The zero-order valence-electron chi connectivity index (χ0n) is 19.7. The van der Waals surface area contributed by atoms with Gasteiger partial charge in [-0.2, -0.15) is 5.10 Å². The highest BCUT2D eigenvalue weighted by Crippen LogP contribution is 2.35. The van der Waals surface area contributed by atoms with Crippen molar-refractivity contribution < 1.29 is 13.9 Å². The van der Waals surface area contributed by atoms with Crippen LogP contribution < -0.4 is 15.4 Å². The number of nitrogens with one attached hydrogen (secondary N) is 3.